The molecule has 1 N–H and O–H groups in total. The third kappa shape index (κ3) is 4.88. The highest BCUT2D eigenvalue weighted by molar-refractivity contribution is 14.0. The minimum atomic E-state index is 0. The van der Waals surface area contributed by atoms with E-state index in [1.54, 1.807) is 34.2 Å². The minimum Gasteiger partial charge on any atom is -0.457 e. The van der Waals surface area contributed by atoms with Gasteiger partial charge < -0.3 is 19.5 Å². The van der Waals surface area contributed by atoms with Gasteiger partial charge in [-0.15, -0.1) is 35.3 Å². The van der Waals surface area contributed by atoms with Gasteiger partial charge in [-0.3, -0.25) is 14.5 Å². The number of fused-ring (bicyclic) bond motifs is 1. The van der Waals surface area contributed by atoms with Crippen molar-refractivity contribution in [1.29, 1.82) is 0 Å². The Bertz CT molecular complexity index is 1260. The maximum absolute atomic E-state index is 12.7. The summed E-state index contributed by atoms with van der Waals surface area (Å²) in [4.78, 5) is 25.4. The number of guanidine groups is 1. The molecule has 172 valence electrons. The van der Waals surface area contributed by atoms with Crippen LogP contribution in [0.4, 0.5) is 5.69 Å². The lowest BCUT2D eigenvalue weighted by Gasteiger charge is -2.35. The van der Waals surface area contributed by atoms with E-state index in [1.807, 2.05) is 48.5 Å². The number of para-hydroxylation sites is 1. The predicted molar refractivity (Wildman–Crippen MR) is 140 cm³/mol. The van der Waals surface area contributed by atoms with E-state index >= 15 is 0 Å². The summed E-state index contributed by atoms with van der Waals surface area (Å²) < 4.78 is 8.84. The Hall–Kier alpha value is -2.93. The van der Waals surface area contributed by atoms with Gasteiger partial charge in [0.2, 0.25) is 5.91 Å². The van der Waals surface area contributed by atoms with Gasteiger partial charge in [0.1, 0.15) is 12.3 Å². The van der Waals surface area contributed by atoms with Crippen LogP contribution in [-0.2, 0) is 18.4 Å². The number of anilines is 1. The first-order valence-corrected chi connectivity index (χ1v) is 11.1. The number of carbonyl (C=O) groups excluding carboxylic acids is 1. The highest BCUT2D eigenvalue weighted by Crippen LogP contribution is 2.31. The quantitative estimate of drug-likeness (QED) is 0.228. The molecule has 0 radical (unpaired) electrons. The number of aryl methyl sites for hydroxylation is 1. The molecule has 11 heteroatoms. The Kier molecular flexibility index (Phi) is 6.98. The molecule has 5 rings (SSSR count). The normalized spacial score (nSPS) is 14.6. The summed E-state index contributed by atoms with van der Waals surface area (Å²) in [6.45, 7) is 1.97. The topological polar surface area (TPSA) is 91.8 Å². The van der Waals surface area contributed by atoms with Crippen molar-refractivity contribution in [2.75, 3.05) is 31.6 Å². The van der Waals surface area contributed by atoms with Crippen molar-refractivity contribution in [3.05, 3.63) is 54.6 Å². The minimum absolute atomic E-state index is 0. The van der Waals surface area contributed by atoms with Crippen molar-refractivity contribution in [1.82, 2.24) is 25.0 Å². The van der Waals surface area contributed by atoms with Crippen molar-refractivity contribution in [3.63, 3.8) is 0 Å². The Balaban J connectivity index is 0.00000259. The fraction of sp³-hybridized carbons (Fsp3) is 0.273. The highest BCUT2D eigenvalue weighted by Gasteiger charge is 2.27. The number of rotatable bonds is 4. The zero-order chi connectivity index (χ0) is 22.1. The standard InChI is InChI=1S/C22H23N7O2S.HI/c1-23-22(28-9-10-29(20(30)14-28)15-11-25-27(2)13-15)24-12-16-7-8-18(31-16)21-26-17-5-3-4-6-19(17)32-21;/h3-8,11,13H,9-10,12,14H2,1-2H3,(H,23,24);1H. The molecular weight excluding hydrogens is 553 g/mol. The summed E-state index contributed by atoms with van der Waals surface area (Å²) >= 11 is 1.61. The molecule has 1 amide bonds. The number of benzene rings is 1. The largest absolute Gasteiger partial charge is 0.457 e. The number of nitrogens with zero attached hydrogens (tertiary/aromatic N) is 6. The number of nitrogens with one attached hydrogen (secondary N) is 1. The molecule has 3 aromatic heterocycles. The van der Waals surface area contributed by atoms with Gasteiger partial charge in [0.05, 0.1) is 28.6 Å². The molecule has 0 bridgehead atoms. The number of carbonyl (C=O) groups is 1. The Morgan fingerprint density at radius 2 is 2.09 bits per heavy atom. The van der Waals surface area contributed by atoms with E-state index in [0.717, 1.165) is 32.4 Å². The van der Waals surface area contributed by atoms with Crippen molar-refractivity contribution in [2.45, 2.75) is 6.54 Å². The van der Waals surface area contributed by atoms with Crippen LogP contribution in [0.15, 0.2) is 58.2 Å². The van der Waals surface area contributed by atoms with Gasteiger partial charge in [0.25, 0.3) is 0 Å². The van der Waals surface area contributed by atoms with E-state index in [2.05, 4.69) is 26.5 Å². The molecule has 1 aliphatic heterocycles. The molecule has 1 saturated heterocycles. The lowest BCUT2D eigenvalue weighted by atomic mass is 10.3. The summed E-state index contributed by atoms with van der Waals surface area (Å²) in [6.07, 6.45) is 3.56. The van der Waals surface area contributed by atoms with E-state index in [-0.39, 0.29) is 36.4 Å². The molecular formula is C22H24IN7O2S. The summed E-state index contributed by atoms with van der Waals surface area (Å²) in [5.74, 6) is 2.21. The van der Waals surface area contributed by atoms with Crippen molar-refractivity contribution in [3.8, 4) is 10.8 Å². The Labute approximate surface area is 212 Å². The van der Waals surface area contributed by atoms with Gasteiger partial charge in [0.15, 0.2) is 16.7 Å². The first-order chi connectivity index (χ1) is 15.6. The third-order valence-corrected chi connectivity index (χ3v) is 6.37. The van der Waals surface area contributed by atoms with Gasteiger partial charge in [-0.2, -0.15) is 5.10 Å². The van der Waals surface area contributed by atoms with Crippen LogP contribution in [-0.4, -0.2) is 58.2 Å². The number of furan rings is 1. The molecule has 0 atom stereocenters. The van der Waals surface area contributed by atoms with Crippen molar-refractivity contribution >= 4 is 63.1 Å². The maximum atomic E-state index is 12.7. The Morgan fingerprint density at radius 3 is 2.82 bits per heavy atom. The van der Waals surface area contributed by atoms with Gasteiger partial charge >= 0.3 is 0 Å². The van der Waals surface area contributed by atoms with Gasteiger partial charge in [-0.1, -0.05) is 12.1 Å². The fourth-order valence-electron chi connectivity index (χ4n) is 3.74. The second kappa shape index (κ2) is 9.91. The number of amides is 1. The van der Waals surface area contributed by atoms with Gasteiger partial charge in [-0.25, -0.2) is 4.98 Å². The van der Waals surface area contributed by atoms with Gasteiger partial charge in [-0.05, 0) is 24.3 Å². The smallest absolute Gasteiger partial charge is 0.246 e. The Morgan fingerprint density at radius 1 is 1.24 bits per heavy atom. The van der Waals surface area contributed by atoms with Crippen LogP contribution in [0.1, 0.15) is 5.76 Å². The van der Waals surface area contributed by atoms with Crippen LogP contribution in [0.5, 0.6) is 0 Å². The molecule has 0 unspecified atom stereocenters. The molecule has 33 heavy (non-hydrogen) atoms. The number of aromatic nitrogens is 3. The van der Waals surface area contributed by atoms with Crippen LogP contribution < -0.4 is 10.2 Å². The number of hydrogen-bond donors (Lipinski definition) is 1. The number of hydrogen-bond acceptors (Lipinski definition) is 6. The maximum Gasteiger partial charge on any atom is 0.246 e. The van der Waals surface area contributed by atoms with Crippen LogP contribution in [0.25, 0.3) is 21.0 Å². The molecule has 1 aromatic carbocycles. The molecule has 0 aliphatic carbocycles. The molecule has 0 spiro atoms. The third-order valence-electron chi connectivity index (χ3n) is 5.32. The lowest BCUT2D eigenvalue weighted by Crippen LogP contribution is -2.55. The van der Waals surface area contributed by atoms with Crippen molar-refractivity contribution < 1.29 is 9.21 Å². The SMILES string of the molecule is CN=C(NCc1ccc(-c2nc3ccccc3s2)o1)N1CCN(c2cnn(C)c2)C(=O)C1.I. The molecule has 1 fully saturated rings. The molecule has 1 aliphatic rings. The van der Waals surface area contributed by atoms with Crippen LogP contribution in [0, 0.1) is 0 Å². The van der Waals surface area contributed by atoms with E-state index in [1.165, 1.54) is 0 Å². The first kappa shape index (κ1) is 23.2. The summed E-state index contributed by atoms with van der Waals surface area (Å²) in [7, 11) is 3.56. The molecule has 4 aromatic rings. The number of piperazine rings is 1. The molecule has 9 nitrogen and oxygen atoms in total. The predicted octanol–water partition coefficient (Wildman–Crippen LogP) is 3.33. The second-order valence-corrected chi connectivity index (χ2v) is 8.52. The second-order valence-electron chi connectivity index (χ2n) is 7.49. The number of thiazole rings is 1. The monoisotopic (exact) mass is 577 g/mol. The average Bonchev–Trinajstić information content (AvgIpc) is 3.53. The zero-order valence-electron chi connectivity index (χ0n) is 18.3. The first-order valence-electron chi connectivity index (χ1n) is 10.3. The lowest BCUT2D eigenvalue weighted by molar-refractivity contribution is -0.120. The average molecular weight is 577 g/mol. The number of halogens is 1. The summed E-state index contributed by atoms with van der Waals surface area (Å²) in [5.41, 5.74) is 1.79. The highest BCUT2D eigenvalue weighted by atomic mass is 127. The summed E-state index contributed by atoms with van der Waals surface area (Å²) in [5, 5.41) is 8.32. The fourth-order valence-corrected chi connectivity index (χ4v) is 4.67. The molecule has 4 heterocycles. The van der Waals surface area contributed by atoms with Crippen LogP contribution in [0.3, 0.4) is 0 Å². The van der Waals surface area contributed by atoms with Crippen LogP contribution >= 0.6 is 35.3 Å². The summed E-state index contributed by atoms with van der Waals surface area (Å²) in [6, 6.07) is 11.9. The van der Waals surface area contributed by atoms with E-state index in [4.69, 9.17) is 4.42 Å². The van der Waals surface area contributed by atoms with E-state index in [9.17, 15) is 4.79 Å². The zero-order valence-corrected chi connectivity index (χ0v) is 21.4. The number of aliphatic imine (C=N–C) groups is 1. The van der Waals surface area contributed by atoms with Crippen molar-refractivity contribution in [2.24, 2.45) is 12.0 Å². The van der Waals surface area contributed by atoms with E-state index in [0.29, 0.717) is 25.6 Å². The van der Waals surface area contributed by atoms with Crippen LogP contribution in [0.2, 0.25) is 0 Å². The van der Waals surface area contributed by atoms with E-state index < -0.39 is 0 Å². The molecule has 0 saturated carbocycles. The van der Waals surface area contributed by atoms with Gasteiger partial charge in [0, 0.05) is 33.4 Å².